The van der Waals surface area contributed by atoms with Crippen molar-refractivity contribution in [2.75, 3.05) is 12.9 Å². The molecule has 0 heterocycles. The number of hydrogen-bond acceptors (Lipinski definition) is 3. The minimum absolute atomic E-state index is 0.168. The van der Waals surface area contributed by atoms with Crippen molar-refractivity contribution in [3.8, 4) is 5.75 Å². The monoisotopic (exact) mass is 224 g/mol. The van der Waals surface area contributed by atoms with Gasteiger partial charge in [0.15, 0.2) is 5.78 Å². The van der Waals surface area contributed by atoms with Crippen LogP contribution >= 0.6 is 11.8 Å². The quantitative estimate of drug-likeness (QED) is 0.566. The van der Waals surface area contributed by atoms with E-state index in [2.05, 4.69) is 0 Å². The largest absolute Gasteiger partial charge is 0.494 e. The first kappa shape index (κ1) is 12.1. The van der Waals surface area contributed by atoms with Gasteiger partial charge in [0, 0.05) is 16.9 Å². The number of ketones is 1. The van der Waals surface area contributed by atoms with E-state index in [1.165, 1.54) is 0 Å². The molecule has 0 saturated heterocycles. The number of carbonyl (C=O) groups excluding carboxylic acids is 1. The van der Waals surface area contributed by atoms with Gasteiger partial charge in [0.05, 0.1) is 6.61 Å². The van der Waals surface area contributed by atoms with Crippen LogP contribution in [0, 0.1) is 0 Å². The van der Waals surface area contributed by atoms with Gasteiger partial charge in [-0.2, -0.15) is 0 Å². The number of benzene rings is 1. The number of hydrogen-bond donors (Lipinski definition) is 0. The lowest BCUT2D eigenvalue weighted by Crippen LogP contribution is -2.00. The molecule has 3 heteroatoms. The Morgan fingerprint density at radius 2 is 2.13 bits per heavy atom. The fourth-order valence-electron chi connectivity index (χ4n) is 1.35. The normalized spacial score (nSPS) is 10.1. The molecule has 0 radical (unpaired) electrons. The predicted octanol–water partition coefficient (Wildman–Crippen LogP) is 3.40. The molecule has 0 aromatic heterocycles. The molecule has 2 nitrogen and oxygen atoms in total. The van der Waals surface area contributed by atoms with Gasteiger partial charge in [-0.1, -0.05) is 6.92 Å². The maximum absolute atomic E-state index is 11.7. The van der Waals surface area contributed by atoms with Gasteiger partial charge in [-0.25, -0.2) is 0 Å². The highest BCUT2D eigenvalue weighted by Gasteiger charge is 2.10. The lowest BCUT2D eigenvalue weighted by molar-refractivity contribution is 0.0985. The van der Waals surface area contributed by atoms with Crippen LogP contribution in [0.15, 0.2) is 23.1 Å². The molecule has 1 rings (SSSR count). The molecule has 0 spiro atoms. The molecule has 1 aromatic rings. The Kier molecular flexibility index (Phi) is 4.69. The van der Waals surface area contributed by atoms with Crippen LogP contribution in [0.4, 0.5) is 0 Å². The first-order valence-electron chi connectivity index (χ1n) is 5.07. The fraction of sp³-hybridized carbons (Fsp3) is 0.417. The SMILES string of the molecule is CCOc1ccc(SC)c(C(=O)CC)c1. The molecule has 0 aliphatic heterocycles. The molecule has 82 valence electrons. The van der Waals surface area contributed by atoms with E-state index in [1.807, 2.05) is 38.3 Å². The van der Waals surface area contributed by atoms with Crippen LogP contribution in [0.5, 0.6) is 5.75 Å². The zero-order chi connectivity index (χ0) is 11.3. The third-order valence-electron chi connectivity index (χ3n) is 2.10. The molecule has 15 heavy (non-hydrogen) atoms. The summed E-state index contributed by atoms with van der Waals surface area (Å²) in [6.07, 6.45) is 2.51. The Morgan fingerprint density at radius 1 is 1.40 bits per heavy atom. The van der Waals surface area contributed by atoms with Crippen LogP contribution in [0.3, 0.4) is 0 Å². The zero-order valence-electron chi connectivity index (χ0n) is 9.37. The molecule has 1 aromatic carbocycles. The Labute approximate surface area is 95.0 Å². The topological polar surface area (TPSA) is 26.3 Å². The molecule has 0 atom stereocenters. The first-order valence-corrected chi connectivity index (χ1v) is 6.29. The van der Waals surface area contributed by atoms with Crippen molar-refractivity contribution in [2.45, 2.75) is 25.2 Å². The van der Waals surface area contributed by atoms with Gasteiger partial charge in [-0.15, -0.1) is 11.8 Å². The highest BCUT2D eigenvalue weighted by molar-refractivity contribution is 7.98. The Balaban J connectivity index is 3.07. The van der Waals surface area contributed by atoms with E-state index in [9.17, 15) is 4.79 Å². The van der Waals surface area contributed by atoms with Crippen LogP contribution in [0.2, 0.25) is 0 Å². The summed E-state index contributed by atoms with van der Waals surface area (Å²) >= 11 is 1.59. The van der Waals surface area contributed by atoms with Crippen LogP contribution in [-0.4, -0.2) is 18.6 Å². The average molecular weight is 224 g/mol. The van der Waals surface area contributed by atoms with Crippen LogP contribution in [-0.2, 0) is 0 Å². The lowest BCUT2D eigenvalue weighted by Gasteiger charge is -2.08. The van der Waals surface area contributed by atoms with Gasteiger partial charge in [0.2, 0.25) is 0 Å². The molecule has 0 bridgehead atoms. The van der Waals surface area contributed by atoms with Crippen LogP contribution in [0.25, 0.3) is 0 Å². The molecule has 0 aliphatic carbocycles. The summed E-state index contributed by atoms with van der Waals surface area (Å²) < 4.78 is 5.38. The van der Waals surface area contributed by atoms with Crippen LogP contribution in [0.1, 0.15) is 30.6 Å². The fourth-order valence-corrected chi connectivity index (χ4v) is 1.95. The molecule has 0 fully saturated rings. The minimum atomic E-state index is 0.168. The second-order valence-corrected chi connectivity index (χ2v) is 3.92. The zero-order valence-corrected chi connectivity index (χ0v) is 10.2. The van der Waals surface area contributed by atoms with E-state index in [4.69, 9.17) is 4.74 Å². The third kappa shape index (κ3) is 2.99. The van der Waals surface area contributed by atoms with Gasteiger partial charge in [0.1, 0.15) is 5.75 Å². The van der Waals surface area contributed by atoms with E-state index >= 15 is 0 Å². The van der Waals surface area contributed by atoms with Gasteiger partial charge in [-0.3, -0.25) is 4.79 Å². The number of rotatable bonds is 5. The maximum Gasteiger partial charge on any atom is 0.163 e. The average Bonchev–Trinajstić information content (AvgIpc) is 2.28. The van der Waals surface area contributed by atoms with Gasteiger partial charge >= 0.3 is 0 Å². The number of Topliss-reactive ketones (excluding diaryl/α,β-unsaturated/α-hetero) is 1. The third-order valence-corrected chi connectivity index (χ3v) is 2.90. The summed E-state index contributed by atoms with van der Waals surface area (Å²) in [5.41, 5.74) is 0.774. The number of ether oxygens (including phenoxy) is 1. The smallest absolute Gasteiger partial charge is 0.163 e. The van der Waals surface area contributed by atoms with Crippen molar-refractivity contribution >= 4 is 17.5 Å². The van der Waals surface area contributed by atoms with Crippen molar-refractivity contribution in [3.05, 3.63) is 23.8 Å². The lowest BCUT2D eigenvalue weighted by atomic mass is 10.1. The van der Waals surface area contributed by atoms with E-state index < -0.39 is 0 Å². The highest BCUT2D eigenvalue weighted by Crippen LogP contribution is 2.26. The van der Waals surface area contributed by atoms with Gasteiger partial charge < -0.3 is 4.74 Å². The summed E-state index contributed by atoms with van der Waals surface area (Å²) in [7, 11) is 0. The van der Waals surface area contributed by atoms with Crippen LogP contribution < -0.4 is 4.74 Å². The first-order chi connectivity index (χ1) is 7.22. The molecule has 0 unspecified atom stereocenters. The van der Waals surface area contributed by atoms with E-state index in [0.717, 1.165) is 16.2 Å². The van der Waals surface area contributed by atoms with Crippen molar-refractivity contribution in [3.63, 3.8) is 0 Å². The minimum Gasteiger partial charge on any atom is -0.494 e. The molecule has 0 N–H and O–H groups in total. The van der Waals surface area contributed by atoms with Gasteiger partial charge in [-0.05, 0) is 31.4 Å². The molecule has 0 saturated carbocycles. The number of carbonyl (C=O) groups is 1. The summed E-state index contributed by atoms with van der Waals surface area (Å²) in [6.45, 7) is 4.43. The van der Waals surface area contributed by atoms with Crippen molar-refractivity contribution < 1.29 is 9.53 Å². The van der Waals surface area contributed by atoms with Crippen molar-refractivity contribution in [1.29, 1.82) is 0 Å². The Bertz CT molecular complexity index is 347. The van der Waals surface area contributed by atoms with E-state index in [1.54, 1.807) is 11.8 Å². The predicted molar refractivity (Wildman–Crippen MR) is 64.0 cm³/mol. The molecule has 0 amide bonds. The summed E-state index contributed by atoms with van der Waals surface area (Å²) in [6, 6.07) is 5.68. The summed E-state index contributed by atoms with van der Waals surface area (Å²) in [5, 5.41) is 0. The second kappa shape index (κ2) is 5.81. The molecular formula is C12H16O2S. The van der Waals surface area contributed by atoms with E-state index in [0.29, 0.717) is 13.0 Å². The standard InChI is InChI=1S/C12H16O2S/c1-4-11(13)10-8-9(14-5-2)6-7-12(10)15-3/h6-8H,4-5H2,1-3H3. The maximum atomic E-state index is 11.7. The van der Waals surface area contributed by atoms with Gasteiger partial charge in [0.25, 0.3) is 0 Å². The van der Waals surface area contributed by atoms with E-state index in [-0.39, 0.29) is 5.78 Å². The van der Waals surface area contributed by atoms with Crippen molar-refractivity contribution in [1.82, 2.24) is 0 Å². The second-order valence-electron chi connectivity index (χ2n) is 3.07. The molecular weight excluding hydrogens is 208 g/mol. The Hall–Kier alpha value is -0.960. The number of thioether (sulfide) groups is 1. The summed E-state index contributed by atoms with van der Waals surface area (Å²) in [4.78, 5) is 12.7. The van der Waals surface area contributed by atoms with Crippen molar-refractivity contribution in [2.24, 2.45) is 0 Å². The molecule has 0 aliphatic rings. The highest BCUT2D eigenvalue weighted by atomic mass is 32.2. The Morgan fingerprint density at radius 3 is 2.67 bits per heavy atom. The summed E-state index contributed by atoms with van der Waals surface area (Å²) in [5.74, 6) is 0.938.